The molecule has 1 aromatic rings. The second-order valence-electron chi connectivity index (χ2n) is 4.18. The molecule has 1 atom stereocenters. The summed E-state index contributed by atoms with van der Waals surface area (Å²) in [4.78, 5) is 6.25. The molecule has 0 aromatic carbocycles. The Morgan fingerprint density at radius 3 is 3.00 bits per heavy atom. The first-order chi connectivity index (χ1) is 7.09. The van der Waals surface area contributed by atoms with Gasteiger partial charge in [0.2, 0.25) is 0 Å². The summed E-state index contributed by atoms with van der Waals surface area (Å²) in [5.74, 6) is 0.297. The fourth-order valence-corrected chi connectivity index (χ4v) is 1.81. The van der Waals surface area contributed by atoms with Gasteiger partial charge in [0.15, 0.2) is 0 Å². The van der Waals surface area contributed by atoms with Gasteiger partial charge in [0.05, 0.1) is 18.4 Å². The number of hydrogen-bond acceptors (Lipinski definition) is 4. The van der Waals surface area contributed by atoms with Gasteiger partial charge < -0.3 is 14.7 Å². The molecule has 1 unspecified atom stereocenters. The fourth-order valence-electron chi connectivity index (χ4n) is 1.81. The number of rotatable bonds is 2. The Kier molecular flexibility index (Phi) is 2.63. The molecule has 1 aliphatic rings. The quantitative estimate of drug-likeness (QED) is 0.798. The van der Waals surface area contributed by atoms with E-state index in [0.29, 0.717) is 18.9 Å². The molecule has 0 saturated carbocycles. The highest BCUT2D eigenvalue weighted by Gasteiger charge is 2.24. The molecule has 0 fully saturated rings. The lowest BCUT2D eigenvalue weighted by molar-refractivity contribution is 0.0790. The van der Waals surface area contributed by atoms with Crippen LogP contribution < -0.4 is 0 Å². The highest BCUT2D eigenvalue weighted by atomic mass is 16.5. The first-order valence-corrected chi connectivity index (χ1v) is 5.05. The molecule has 2 rings (SSSR count). The van der Waals surface area contributed by atoms with Crippen molar-refractivity contribution in [1.82, 2.24) is 9.88 Å². The number of nitrogens with zero attached hydrogens (tertiary/aromatic N) is 2. The molecular weight excluding hydrogens is 192 g/mol. The van der Waals surface area contributed by atoms with Crippen molar-refractivity contribution >= 4 is 0 Å². The monoisotopic (exact) mass is 208 g/mol. The number of pyridine rings is 1. The van der Waals surface area contributed by atoms with Gasteiger partial charge in [0, 0.05) is 23.9 Å². The number of aromatic nitrogens is 1. The third-order valence-electron chi connectivity index (χ3n) is 2.65. The van der Waals surface area contributed by atoms with Crippen LogP contribution in [0.5, 0.6) is 5.75 Å². The average molecular weight is 208 g/mol. The van der Waals surface area contributed by atoms with E-state index in [2.05, 4.69) is 4.98 Å². The molecular formula is C11H16N2O2. The first kappa shape index (κ1) is 10.4. The minimum atomic E-state index is 0.0480. The largest absolute Gasteiger partial charge is 0.506 e. The predicted octanol–water partition coefficient (Wildman–Crippen LogP) is 1.44. The summed E-state index contributed by atoms with van der Waals surface area (Å²) in [5, 5.41) is 10.0. The van der Waals surface area contributed by atoms with E-state index >= 15 is 0 Å². The molecule has 0 radical (unpaired) electrons. The van der Waals surface area contributed by atoms with Crippen molar-refractivity contribution in [3.63, 3.8) is 0 Å². The molecule has 1 aliphatic heterocycles. The second-order valence-corrected chi connectivity index (χ2v) is 4.18. The van der Waals surface area contributed by atoms with Crippen molar-refractivity contribution in [1.29, 1.82) is 0 Å². The Balaban J connectivity index is 2.37. The molecule has 2 heterocycles. The Bertz CT molecular complexity index is 377. The topological polar surface area (TPSA) is 45.6 Å². The maximum atomic E-state index is 10.0. The normalized spacial score (nSPS) is 19.6. The van der Waals surface area contributed by atoms with Crippen LogP contribution in [-0.2, 0) is 17.9 Å². The minimum Gasteiger partial charge on any atom is -0.506 e. The van der Waals surface area contributed by atoms with Gasteiger partial charge in [0.25, 0.3) is 0 Å². The molecule has 4 heteroatoms. The molecule has 4 nitrogen and oxygen atoms in total. The van der Waals surface area contributed by atoms with Crippen LogP contribution in [-0.4, -0.2) is 29.1 Å². The predicted molar refractivity (Wildman–Crippen MR) is 56.5 cm³/mol. The summed E-state index contributed by atoms with van der Waals surface area (Å²) >= 11 is 0. The zero-order valence-corrected chi connectivity index (χ0v) is 9.32. The Morgan fingerprint density at radius 2 is 2.33 bits per heavy atom. The van der Waals surface area contributed by atoms with E-state index in [1.807, 2.05) is 32.1 Å². The number of hydrogen-bond donors (Lipinski definition) is 1. The number of ether oxygens (including phenoxy) is 1. The lowest BCUT2D eigenvalue weighted by Crippen LogP contribution is -2.12. The smallest absolute Gasteiger partial charge is 0.144 e. The van der Waals surface area contributed by atoms with E-state index in [4.69, 9.17) is 4.74 Å². The molecule has 1 N–H and O–H groups in total. The molecule has 0 amide bonds. The lowest BCUT2D eigenvalue weighted by Gasteiger charge is -2.12. The molecule has 0 bridgehead atoms. The number of fused-ring (bicyclic) bond motifs is 1. The van der Waals surface area contributed by atoms with E-state index in [9.17, 15) is 5.11 Å². The molecule has 0 saturated heterocycles. The van der Waals surface area contributed by atoms with Gasteiger partial charge in [0.1, 0.15) is 5.75 Å². The van der Waals surface area contributed by atoms with Crippen molar-refractivity contribution in [3.05, 3.63) is 23.0 Å². The van der Waals surface area contributed by atoms with Crippen molar-refractivity contribution in [2.24, 2.45) is 0 Å². The summed E-state index contributed by atoms with van der Waals surface area (Å²) < 4.78 is 5.45. The average Bonchev–Trinajstić information content (AvgIpc) is 2.53. The van der Waals surface area contributed by atoms with E-state index in [0.717, 1.165) is 16.8 Å². The van der Waals surface area contributed by atoms with Crippen LogP contribution in [0.25, 0.3) is 0 Å². The van der Waals surface area contributed by atoms with Crippen LogP contribution in [0.3, 0.4) is 0 Å². The van der Waals surface area contributed by atoms with Gasteiger partial charge in [-0.25, -0.2) is 0 Å². The Morgan fingerprint density at radius 1 is 1.60 bits per heavy atom. The van der Waals surface area contributed by atoms with Gasteiger partial charge >= 0.3 is 0 Å². The van der Waals surface area contributed by atoms with E-state index in [1.54, 1.807) is 0 Å². The van der Waals surface area contributed by atoms with Crippen LogP contribution >= 0.6 is 0 Å². The molecule has 15 heavy (non-hydrogen) atoms. The van der Waals surface area contributed by atoms with E-state index in [1.165, 1.54) is 0 Å². The molecule has 0 aliphatic carbocycles. The molecule has 0 spiro atoms. The molecule has 82 valence electrons. The summed E-state index contributed by atoms with van der Waals surface area (Å²) in [5.41, 5.74) is 2.63. The van der Waals surface area contributed by atoms with Crippen molar-refractivity contribution in [2.75, 3.05) is 14.1 Å². The summed E-state index contributed by atoms with van der Waals surface area (Å²) in [7, 11) is 3.90. The van der Waals surface area contributed by atoms with E-state index < -0.39 is 0 Å². The van der Waals surface area contributed by atoms with Gasteiger partial charge in [-0.1, -0.05) is 0 Å². The van der Waals surface area contributed by atoms with Gasteiger partial charge in [-0.3, -0.25) is 4.98 Å². The van der Waals surface area contributed by atoms with Crippen molar-refractivity contribution in [2.45, 2.75) is 26.2 Å². The van der Waals surface area contributed by atoms with Gasteiger partial charge in [-0.15, -0.1) is 0 Å². The number of aromatic hydroxyl groups is 1. The standard InChI is InChI=1S/C11H16N2O2/c1-7-8-4-12-10(5-13(2)3)11(14)9(8)6-15-7/h4,7,14H,5-6H2,1-3H3. The second kappa shape index (κ2) is 3.79. The fraction of sp³-hybridized carbons (Fsp3) is 0.545. The van der Waals surface area contributed by atoms with Crippen molar-refractivity contribution < 1.29 is 9.84 Å². The summed E-state index contributed by atoms with van der Waals surface area (Å²) in [6, 6.07) is 0. The third kappa shape index (κ3) is 1.82. The van der Waals surface area contributed by atoms with Gasteiger partial charge in [-0.05, 0) is 21.0 Å². The molecule has 1 aromatic heterocycles. The van der Waals surface area contributed by atoms with Crippen LogP contribution in [0.1, 0.15) is 29.8 Å². The SMILES string of the molecule is CC1OCc2c1cnc(CN(C)C)c2O. The maximum Gasteiger partial charge on any atom is 0.144 e. The Labute approximate surface area is 89.5 Å². The first-order valence-electron chi connectivity index (χ1n) is 5.05. The van der Waals surface area contributed by atoms with Gasteiger partial charge in [-0.2, -0.15) is 0 Å². The summed E-state index contributed by atoms with van der Waals surface area (Å²) in [6.45, 7) is 3.11. The lowest BCUT2D eigenvalue weighted by atomic mass is 10.1. The van der Waals surface area contributed by atoms with Crippen LogP contribution in [0.2, 0.25) is 0 Å². The highest BCUT2D eigenvalue weighted by Crippen LogP contribution is 2.36. The third-order valence-corrected chi connectivity index (χ3v) is 2.65. The highest BCUT2D eigenvalue weighted by molar-refractivity contribution is 5.43. The van der Waals surface area contributed by atoms with Crippen molar-refractivity contribution in [3.8, 4) is 5.75 Å². The minimum absolute atomic E-state index is 0.0480. The summed E-state index contributed by atoms with van der Waals surface area (Å²) in [6.07, 6.45) is 1.86. The zero-order valence-electron chi connectivity index (χ0n) is 9.32. The van der Waals surface area contributed by atoms with Crippen LogP contribution in [0.15, 0.2) is 6.20 Å². The Hall–Kier alpha value is -1.13. The van der Waals surface area contributed by atoms with E-state index in [-0.39, 0.29) is 6.10 Å². The maximum absolute atomic E-state index is 10.0. The zero-order chi connectivity index (χ0) is 11.0. The van der Waals surface area contributed by atoms with Crippen LogP contribution in [0.4, 0.5) is 0 Å². The van der Waals surface area contributed by atoms with Crippen LogP contribution in [0, 0.1) is 0 Å².